The maximum absolute atomic E-state index is 12.2. The number of carbonyl (C=O) groups is 1. The van der Waals surface area contributed by atoms with Gasteiger partial charge in [-0.15, -0.1) is 0 Å². The molecule has 9 heteroatoms. The Morgan fingerprint density at radius 1 is 1.04 bits per heavy atom. The van der Waals surface area contributed by atoms with Gasteiger partial charge in [0.2, 0.25) is 0 Å². The number of nitrogens with zero attached hydrogens (tertiary/aromatic N) is 2. The summed E-state index contributed by atoms with van der Waals surface area (Å²) in [6.45, 7) is 2.24. The Kier molecular flexibility index (Phi) is 15.0. The predicted molar refractivity (Wildman–Crippen MR) is 188 cm³/mol. The first kappa shape index (κ1) is 38.1. The van der Waals surface area contributed by atoms with Gasteiger partial charge in [0, 0.05) is 18.7 Å². The van der Waals surface area contributed by atoms with Crippen LogP contribution < -0.4 is 10.7 Å². The van der Waals surface area contributed by atoms with Gasteiger partial charge in [0.05, 0.1) is 23.7 Å². The molecular weight excluding hydrogens is 606 g/mol. The number of anilines is 1. The second-order valence-electron chi connectivity index (χ2n) is 14.8. The quantitative estimate of drug-likeness (QED) is 0.0730. The lowest BCUT2D eigenvalue weighted by Gasteiger charge is -2.33. The number of hydrogen-bond donors (Lipinski definition) is 6. The molecule has 0 aromatic carbocycles. The third kappa shape index (κ3) is 11.4. The van der Waals surface area contributed by atoms with Crippen LogP contribution in [0.5, 0.6) is 0 Å². The lowest BCUT2D eigenvalue weighted by Crippen LogP contribution is -2.37. The van der Waals surface area contributed by atoms with Crippen LogP contribution in [0.3, 0.4) is 0 Å². The monoisotopic (exact) mass is 666 g/mol. The lowest BCUT2D eigenvalue weighted by atomic mass is 9.80. The molecule has 7 N–H and O–H groups in total. The van der Waals surface area contributed by atoms with E-state index in [2.05, 4.69) is 29.0 Å². The number of hydrogen-bond acceptors (Lipinski definition) is 7. The SMILES string of the molecule is CCCCCC1C=CC(CCCCCC(C(=O)O)C(O)CCC2(O)CC(Cc3ccnc(N)c3)CC2Cc2ccc(CCO)[n-]2)C(O)C1. The van der Waals surface area contributed by atoms with Crippen molar-refractivity contribution in [3.05, 3.63) is 59.6 Å². The molecular formula is C39H60N3O6-. The van der Waals surface area contributed by atoms with Crippen molar-refractivity contribution >= 4 is 11.8 Å². The van der Waals surface area contributed by atoms with Crippen molar-refractivity contribution in [2.45, 2.75) is 134 Å². The molecule has 0 radical (unpaired) electrons. The molecule has 9 nitrogen and oxygen atoms in total. The van der Waals surface area contributed by atoms with Crippen molar-refractivity contribution < 1.29 is 30.3 Å². The highest BCUT2D eigenvalue weighted by Gasteiger charge is 2.45. The molecule has 0 aliphatic heterocycles. The fourth-order valence-corrected chi connectivity index (χ4v) is 8.28. The molecule has 48 heavy (non-hydrogen) atoms. The molecule has 2 heterocycles. The predicted octanol–water partition coefficient (Wildman–Crippen LogP) is 5.62. The fraction of sp³-hybridized carbons (Fsp3) is 0.692. The van der Waals surface area contributed by atoms with Crippen molar-refractivity contribution in [3.8, 4) is 0 Å². The first-order chi connectivity index (χ1) is 23.1. The van der Waals surface area contributed by atoms with Crippen LogP contribution in [0.2, 0.25) is 0 Å². The minimum absolute atomic E-state index is 0.0320. The van der Waals surface area contributed by atoms with Gasteiger partial charge < -0.3 is 36.3 Å². The molecule has 0 amide bonds. The summed E-state index contributed by atoms with van der Waals surface area (Å²) < 4.78 is 0. The first-order valence-electron chi connectivity index (χ1n) is 18.5. The number of aliphatic hydroxyl groups excluding tert-OH is 3. The van der Waals surface area contributed by atoms with Crippen LogP contribution in [0.4, 0.5) is 5.82 Å². The highest BCUT2D eigenvalue weighted by Crippen LogP contribution is 2.46. The van der Waals surface area contributed by atoms with Gasteiger partial charge in [-0.2, -0.15) is 11.4 Å². The van der Waals surface area contributed by atoms with Crippen molar-refractivity contribution in [2.75, 3.05) is 12.3 Å². The summed E-state index contributed by atoms with van der Waals surface area (Å²) in [7, 11) is 0. The second-order valence-corrected chi connectivity index (χ2v) is 14.8. The number of aliphatic hydroxyl groups is 4. The van der Waals surface area contributed by atoms with Crippen LogP contribution in [0.15, 0.2) is 42.6 Å². The molecule has 0 bridgehead atoms. The number of aromatic nitrogens is 2. The van der Waals surface area contributed by atoms with Crippen LogP contribution >= 0.6 is 0 Å². The Bertz CT molecular complexity index is 1280. The molecule has 2 aliphatic rings. The van der Waals surface area contributed by atoms with E-state index in [9.17, 15) is 30.3 Å². The van der Waals surface area contributed by atoms with Crippen LogP contribution in [0.1, 0.15) is 114 Å². The van der Waals surface area contributed by atoms with Gasteiger partial charge in [0.15, 0.2) is 0 Å². The minimum Gasteiger partial charge on any atom is -0.665 e. The number of carboxylic acid groups (broad SMARTS) is 1. The number of nitrogens with two attached hydrogens (primary N) is 1. The Hall–Kier alpha value is -2.72. The Morgan fingerprint density at radius 2 is 1.83 bits per heavy atom. The van der Waals surface area contributed by atoms with Crippen LogP contribution in [-0.2, 0) is 24.1 Å². The molecule has 8 unspecified atom stereocenters. The summed E-state index contributed by atoms with van der Waals surface area (Å²) in [5.41, 5.74) is 7.63. The van der Waals surface area contributed by atoms with Crippen LogP contribution in [0.25, 0.3) is 0 Å². The van der Waals surface area contributed by atoms with Gasteiger partial charge in [0.1, 0.15) is 5.82 Å². The molecule has 2 aliphatic carbocycles. The van der Waals surface area contributed by atoms with E-state index in [0.717, 1.165) is 61.9 Å². The van der Waals surface area contributed by atoms with Gasteiger partial charge in [-0.3, -0.25) is 4.79 Å². The fourth-order valence-electron chi connectivity index (χ4n) is 8.28. The van der Waals surface area contributed by atoms with E-state index in [1.807, 2.05) is 24.3 Å². The molecule has 4 rings (SSSR count). The number of aliphatic carboxylic acids is 1. The zero-order chi connectivity index (χ0) is 34.5. The van der Waals surface area contributed by atoms with Crippen LogP contribution in [-0.4, -0.2) is 60.9 Å². The van der Waals surface area contributed by atoms with Crippen molar-refractivity contribution in [1.82, 2.24) is 9.97 Å². The summed E-state index contributed by atoms with van der Waals surface area (Å²) >= 11 is 0. The van der Waals surface area contributed by atoms with E-state index >= 15 is 0 Å². The van der Waals surface area contributed by atoms with Crippen LogP contribution in [0, 0.1) is 29.6 Å². The molecule has 1 fully saturated rings. The molecule has 8 atom stereocenters. The van der Waals surface area contributed by atoms with E-state index in [1.165, 1.54) is 19.3 Å². The average Bonchev–Trinajstić information content (AvgIpc) is 3.61. The van der Waals surface area contributed by atoms with Gasteiger partial charge in [-0.05, 0) is 106 Å². The molecule has 0 spiro atoms. The largest absolute Gasteiger partial charge is 0.665 e. The van der Waals surface area contributed by atoms with E-state index in [-0.39, 0.29) is 36.9 Å². The zero-order valence-corrected chi connectivity index (χ0v) is 28.9. The standard InChI is InChI=1S/C39H60N3O6/c1-2-3-5-8-27-11-12-30(36(45)23-27)9-6-4-7-10-34(38(46)47)35(44)15-18-39(48)26-29(21-28-16-19-41-37(40)24-28)22-31(39)25-33-14-13-32(42-33)17-20-43/h11-14,16,19,24,27,29-31,34-36,43-45,48H,2-10,15,17-18,20-23,25-26H2,1H3,(H2,40,41)(H,46,47)/q-1. The van der Waals surface area contributed by atoms with Gasteiger partial charge in [0.25, 0.3) is 0 Å². The Morgan fingerprint density at radius 3 is 2.56 bits per heavy atom. The van der Waals surface area contributed by atoms with Gasteiger partial charge in [-0.1, -0.05) is 69.7 Å². The van der Waals surface area contributed by atoms with Crippen molar-refractivity contribution in [3.63, 3.8) is 0 Å². The summed E-state index contributed by atoms with van der Waals surface area (Å²) in [5, 5.41) is 53.2. The average molecular weight is 667 g/mol. The smallest absolute Gasteiger partial charge is 0.309 e. The number of pyridine rings is 1. The third-order valence-corrected chi connectivity index (χ3v) is 11.0. The van der Waals surface area contributed by atoms with E-state index < -0.39 is 23.6 Å². The maximum Gasteiger partial charge on any atom is 0.309 e. The third-order valence-electron chi connectivity index (χ3n) is 11.0. The zero-order valence-electron chi connectivity index (χ0n) is 28.9. The highest BCUT2D eigenvalue weighted by molar-refractivity contribution is 5.70. The molecule has 2 aromatic rings. The summed E-state index contributed by atoms with van der Waals surface area (Å²) in [4.78, 5) is 21.0. The lowest BCUT2D eigenvalue weighted by molar-refractivity contribution is -0.146. The molecule has 268 valence electrons. The maximum atomic E-state index is 12.2. The van der Waals surface area contributed by atoms with Crippen molar-refractivity contribution in [1.29, 1.82) is 0 Å². The summed E-state index contributed by atoms with van der Waals surface area (Å²) in [6.07, 6.45) is 17.9. The summed E-state index contributed by atoms with van der Waals surface area (Å²) in [6, 6.07) is 7.68. The normalized spacial score (nSPS) is 26.9. The van der Waals surface area contributed by atoms with E-state index in [4.69, 9.17) is 5.73 Å². The number of nitrogen functional groups attached to an aromatic ring is 1. The number of rotatable bonds is 21. The minimum atomic E-state index is -1.06. The molecule has 1 saturated carbocycles. The number of unbranched alkanes of at least 4 members (excludes halogenated alkanes) is 4. The second kappa shape index (κ2) is 18.9. The number of carboxylic acids is 1. The Labute approximate surface area is 287 Å². The molecule has 2 aromatic heterocycles. The number of allylic oxidation sites excluding steroid dienone is 1. The van der Waals surface area contributed by atoms with E-state index in [1.54, 1.807) is 6.20 Å². The van der Waals surface area contributed by atoms with Crippen molar-refractivity contribution in [2.24, 2.45) is 29.6 Å². The highest BCUT2D eigenvalue weighted by atomic mass is 16.4. The summed E-state index contributed by atoms with van der Waals surface area (Å²) in [5.74, 6) is -0.671. The molecule has 0 saturated heterocycles. The topological polar surface area (TPSA) is 171 Å². The Balaban J connectivity index is 1.28. The van der Waals surface area contributed by atoms with Gasteiger partial charge in [-0.25, -0.2) is 4.98 Å². The van der Waals surface area contributed by atoms with Gasteiger partial charge >= 0.3 is 5.97 Å². The van der Waals surface area contributed by atoms with E-state index in [0.29, 0.717) is 50.3 Å². The first-order valence-corrected chi connectivity index (χ1v) is 18.5.